The minimum atomic E-state index is -0.574. The molecule has 7 rings (SSSR count). The summed E-state index contributed by atoms with van der Waals surface area (Å²) in [5, 5.41) is 0. The highest BCUT2D eigenvalue weighted by atomic mass is 31.1. The molecule has 1 aliphatic carbocycles. The summed E-state index contributed by atoms with van der Waals surface area (Å²) in [4.78, 5) is 0. The molecular formula is C34H34N4P2. The monoisotopic (exact) mass is 560 g/mol. The molecule has 4 aromatic carbocycles. The Kier molecular flexibility index (Phi) is 7.72. The lowest BCUT2D eigenvalue weighted by Gasteiger charge is -2.41. The molecule has 0 amide bonds. The van der Waals surface area contributed by atoms with E-state index < -0.39 is 15.8 Å². The maximum Gasteiger partial charge on any atom is 0.0682 e. The van der Waals surface area contributed by atoms with Crippen LogP contribution in [0.4, 0.5) is 0 Å². The van der Waals surface area contributed by atoms with Gasteiger partial charge in [0.25, 0.3) is 0 Å². The molecule has 2 heterocycles. The fourth-order valence-corrected chi connectivity index (χ4v) is 13.7. The zero-order valence-electron chi connectivity index (χ0n) is 22.2. The second-order valence-corrected chi connectivity index (χ2v) is 15.5. The molecule has 4 nitrogen and oxygen atoms in total. The Morgan fingerprint density at radius 2 is 0.600 bits per heavy atom. The van der Waals surface area contributed by atoms with Crippen LogP contribution in [-0.2, 0) is 0 Å². The van der Waals surface area contributed by atoms with E-state index in [1.165, 1.54) is 22.3 Å². The van der Waals surface area contributed by atoms with E-state index in [0.717, 1.165) is 0 Å². The molecule has 0 unspecified atom stereocenters. The number of nitrogens with one attached hydrogen (secondary N) is 4. The van der Waals surface area contributed by atoms with Crippen LogP contribution in [0.25, 0.3) is 0 Å². The van der Waals surface area contributed by atoms with Crippen molar-refractivity contribution in [3.05, 3.63) is 168 Å². The number of hydrogen-bond acceptors (Lipinski definition) is 4. The fraction of sp³-hybridized carbons (Fsp3) is 0.176. The van der Waals surface area contributed by atoms with E-state index in [1.54, 1.807) is 0 Å². The lowest BCUT2D eigenvalue weighted by molar-refractivity contribution is 0.555. The highest BCUT2D eigenvalue weighted by molar-refractivity contribution is 7.64. The van der Waals surface area contributed by atoms with E-state index in [-0.39, 0.29) is 23.1 Å². The molecule has 6 atom stereocenters. The van der Waals surface area contributed by atoms with Gasteiger partial charge in [-0.15, -0.1) is 0 Å². The second-order valence-electron chi connectivity index (χ2n) is 10.5. The maximum atomic E-state index is 3.76. The van der Waals surface area contributed by atoms with Gasteiger partial charge < -0.3 is 0 Å². The molecule has 2 aliphatic heterocycles. The summed E-state index contributed by atoms with van der Waals surface area (Å²) in [5.41, 5.74) is 21.3. The Bertz CT molecular complexity index is 1240. The smallest absolute Gasteiger partial charge is 0.0682 e. The first-order valence-electron chi connectivity index (χ1n) is 14.0. The molecule has 2 saturated heterocycles. The van der Waals surface area contributed by atoms with Crippen LogP contribution in [0, 0.1) is 0 Å². The summed E-state index contributed by atoms with van der Waals surface area (Å²) in [7, 11) is -1.15. The van der Waals surface area contributed by atoms with Gasteiger partial charge in [-0.2, -0.15) is 0 Å². The summed E-state index contributed by atoms with van der Waals surface area (Å²) < 4.78 is 0. The molecule has 0 bridgehead atoms. The van der Waals surface area contributed by atoms with E-state index in [0.29, 0.717) is 11.3 Å². The van der Waals surface area contributed by atoms with E-state index in [1.807, 2.05) is 0 Å². The van der Waals surface area contributed by atoms with Crippen LogP contribution in [0.2, 0.25) is 0 Å². The van der Waals surface area contributed by atoms with Gasteiger partial charge in [0, 0.05) is 11.3 Å². The fourth-order valence-electron chi connectivity index (χ4n) is 6.30. The van der Waals surface area contributed by atoms with E-state index >= 15 is 0 Å². The summed E-state index contributed by atoms with van der Waals surface area (Å²) in [6.45, 7) is 0. The van der Waals surface area contributed by atoms with Gasteiger partial charge in [0.2, 0.25) is 0 Å². The average molecular weight is 561 g/mol. The third-order valence-electron chi connectivity index (χ3n) is 8.13. The van der Waals surface area contributed by atoms with Crippen molar-refractivity contribution in [1.82, 2.24) is 21.7 Å². The molecule has 40 heavy (non-hydrogen) atoms. The standard InChI is InChI=1S/C34H34N4P2/c1-5-15-25(16-6-1)31-35-36-32(26-17-7-2-8-18-26)39(31)29-23-13-14-24-30(29)40-33(27-19-9-3-10-20-27)37-38-34(40)28-21-11-4-12-22-28/h1-24,29-38H/t29-,30+,31-,32-,33-,34-/m0/s1. The molecule has 0 spiro atoms. The molecular weight excluding hydrogens is 526 g/mol. The van der Waals surface area contributed by atoms with Gasteiger partial charge in [-0.1, -0.05) is 161 Å². The van der Waals surface area contributed by atoms with Crippen molar-refractivity contribution >= 4 is 15.8 Å². The zero-order chi connectivity index (χ0) is 26.7. The molecule has 200 valence electrons. The van der Waals surface area contributed by atoms with Gasteiger partial charge in [-0.25, -0.2) is 21.7 Å². The summed E-state index contributed by atoms with van der Waals surface area (Å²) >= 11 is 0. The Labute approximate surface area is 239 Å². The van der Waals surface area contributed by atoms with Gasteiger partial charge in [-0.05, 0) is 22.3 Å². The quantitative estimate of drug-likeness (QED) is 0.182. The molecule has 2 fully saturated rings. The Morgan fingerprint density at radius 1 is 0.350 bits per heavy atom. The van der Waals surface area contributed by atoms with Crippen LogP contribution in [-0.4, -0.2) is 11.3 Å². The first-order chi connectivity index (χ1) is 19.9. The summed E-state index contributed by atoms with van der Waals surface area (Å²) in [5.74, 6) is 1.03. The molecule has 6 heteroatoms. The normalized spacial score (nSPS) is 28.7. The first kappa shape index (κ1) is 26.0. The van der Waals surface area contributed by atoms with Crippen molar-refractivity contribution in [2.45, 2.75) is 34.4 Å². The Balaban J connectivity index is 1.33. The highest BCUT2D eigenvalue weighted by Crippen LogP contribution is 2.74. The lowest BCUT2D eigenvalue weighted by Crippen LogP contribution is -2.27. The molecule has 4 N–H and O–H groups in total. The third kappa shape index (κ3) is 5.01. The minimum Gasteiger partial charge on any atom is -0.245 e. The predicted molar refractivity (Wildman–Crippen MR) is 169 cm³/mol. The topological polar surface area (TPSA) is 48.1 Å². The van der Waals surface area contributed by atoms with Crippen LogP contribution < -0.4 is 21.7 Å². The number of hydrogen-bond donors (Lipinski definition) is 4. The molecule has 0 aromatic heterocycles. The van der Waals surface area contributed by atoms with Crippen molar-refractivity contribution < 1.29 is 0 Å². The van der Waals surface area contributed by atoms with Gasteiger partial charge >= 0.3 is 0 Å². The van der Waals surface area contributed by atoms with Crippen LogP contribution in [0.1, 0.15) is 45.4 Å². The van der Waals surface area contributed by atoms with Crippen molar-refractivity contribution in [1.29, 1.82) is 0 Å². The number of hydrazine groups is 2. The van der Waals surface area contributed by atoms with Gasteiger partial charge in [-0.3, -0.25) is 0 Å². The van der Waals surface area contributed by atoms with E-state index in [4.69, 9.17) is 0 Å². The second kappa shape index (κ2) is 11.9. The number of allylic oxidation sites excluding steroid dienone is 4. The lowest BCUT2D eigenvalue weighted by atomic mass is 10.2. The number of benzene rings is 4. The molecule has 3 aliphatic rings. The van der Waals surface area contributed by atoms with Crippen molar-refractivity contribution in [2.75, 3.05) is 0 Å². The van der Waals surface area contributed by atoms with Crippen LogP contribution in [0.15, 0.2) is 146 Å². The van der Waals surface area contributed by atoms with Crippen molar-refractivity contribution in [3.8, 4) is 0 Å². The van der Waals surface area contributed by atoms with E-state index in [9.17, 15) is 0 Å². The maximum absolute atomic E-state index is 3.76. The van der Waals surface area contributed by atoms with Crippen LogP contribution >= 0.6 is 15.8 Å². The average Bonchev–Trinajstić information content (AvgIpc) is 3.68. The Morgan fingerprint density at radius 3 is 0.850 bits per heavy atom. The third-order valence-corrected chi connectivity index (χ3v) is 14.8. The first-order valence-corrected chi connectivity index (χ1v) is 17.1. The van der Waals surface area contributed by atoms with Crippen molar-refractivity contribution in [3.63, 3.8) is 0 Å². The predicted octanol–water partition coefficient (Wildman–Crippen LogP) is 7.82. The summed E-state index contributed by atoms with van der Waals surface area (Å²) in [6.07, 6.45) is 9.60. The molecule has 0 radical (unpaired) electrons. The largest absolute Gasteiger partial charge is 0.245 e. The van der Waals surface area contributed by atoms with Gasteiger partial charge in [0.1, 0.15) is 0 Å². The SMILES string of the molecule is C1=C[C@@H](P2[C@@H](c3ccccc3)NN[C@@H]2c2ccccc2)[C@@H](P2[C@@H](c3ccccc3)NN[C@@H]2c2ccccc2)C=C1. The van der Waals surface area contributed by atoms with Gasteiger partial charge in [0.15, 0.2) is 0 Å². The van der Waals surface area contributed by atoms with Gasteiger partial charge in [0.05, 0.1) is 23.1 Å². The summed E-state index contributed by atoms with van der Waals surface area (Å²) in [6, 6.07) is 44.0. The van der Waals surface area contributed by atoms with Crippen LogP contribution in [0.5, 0.6) is 0 Å². The van der Waals surface area contributed by atoms with Crippen molar-refractivity contribution in [2.24, 2.45) is 0 Å². The van der Waals surface area contributed by atoms with E-state index in [2.05, 4.69) is 167 Å². The molecule has 4 aromatic rings. The molecule has 0 saturated carbocycles. The Hall–Kier alpha value is -2.94. The highest BCUT2D eigenvalue weighted by Gasteiger charge is 2.49. The van der Waals surface area contributed by atoms with Crippen LogP contribution in [0.3, 0.4) is 0 Å². The zero-order valence-corrected chi connectivity index (χ0v) is 24.0. The number of rotatable bonds is 6. The minimum absolute atomic E-state index is 0.258.